The summed E-state index contributed by atoms with van der Waals surface area (Å²) in [5.41, 5.74) is 0.950. The number of rotatable bonds is 9. The fourth-order valence-electron chi connectivity index (χ4n) is 2.73. The second-order valence-corrected chi connectivity index (χ2v) is 8.89. The van der Waals surface area contributed by atoms with Crippen LogP contribution in [0.15, 0.2) is 23.4 Å². The number of nitrogens with zero attached hydrogens (tertiary/aromatic N) is 5. The first kappa shape index (κ1) is 22.5. The van der Waals surface area contributed by atoms with Crippen molar-refractivity contribution in [2.45, 2.75) is 51.9 Å². The topological polar surface area (TPSA) is 94.8 Å². The van der Waals surface area contributed by atoms with Crippen LogP contribution in [-0.2, 0) is 17.8 Å². The summed E-state index contributed by atoms with van der Waals surface area (Å²) in [6.07, 6.45) is 0.481. The highest BCUT2D eigenvalue weighted by atomic mass is 35.5. The maximum Gasteiger partial charge on any atom is 0.236 e. The molecule has 1 amide bonds. The Morgan fingerprint density at radius 1 is 1.30 bits per heavy atom. The van der Waals surface area contributed by atoms with E-state index in [1.807, 2.05) is 44.4 Å². The van der Waals surface area contributed by atoms with Gasteiger partial charge in [0.05, 0.1) is 5.75 Å². The van der Waals surface area contributed by atoms with Gasteiger partial charge in [0.25, 0.3) is 0 Å². The third-order valence-corrected chi connectivity index (χ3v) is 6.40. The number of hydrogen-bond acceptors (Lipinski definition) is 8. The largest absolute Gasteiger partial charge is 0.482 e. The molecule has 1 atom stereocenters. The van der Waals surface area contributed by atoms with Crippen molar-refractivity contribution in [2.24, 2.45) is 0 Å². The van der Waals surface area contributed by atoms with Crippen LogP contribution in [0.2, 0.25) is 5.02 Å². The van der Waals surface area contributed by atoms with Gasteiger partial charge in [-0.15, -0.1) is 20.4 Å². The number of amides is 1. The van der Waals surface area contributed by atoms with Crippen molar-refractivity contribution in [1.29, 1.82) is 0 Å². The van der Waals surface area contributed by atoms with Crippen LogP contribution in [0.4, 0.5) is 5.13 Å². The molecule has 30 heavy (non-hydrogen) atoms. The summed E-state index contributed by atoms with van der Waals surface area (Å²) in [4.78, 5) is 12.2. The molecule has 0 aliphatic carbocycles. The van der Waals surface area contributed by atoms with Crippen LogP contribution in [0.1, 0.15) is 43.3 Å². The lowest BCUT2D eigenvalue weighted by atomic mass is 10.2. The molecule has 1 unspecified atom stereocenters. The smallest absolute Gasteiger partial charge is 0.236 e. The minimum atomic E-state index is -0.311. The van der Waals surface area contributed by atoms with Crippen molar-refractivity contribution in [3.63, 3.8) is 0 Å². The number of carbonyl (C=O) groups is 1. The molecular weight excluding hydrogens is 444 g/mol. The number of ether oxygens (including phenoxy) is 1. The molecule has 2 heterocycles. The van der Waals surface area contributed by atoms with Gasteiger partial charge >= 0.3 is 0 Å². The van der Waals surface area contributed by atoms with Gasteiger partial charge in [0.1, 0.15) is 10.8 Å². The number of benzene rings is 1. The molecule has 0 bridgehead atoms. The highest BCUT2D eigenvalue weighted by Gasteiger charge is 2.20. The Labute approximate surface area is 188 Å². The van der Waals surface area contributed by atoms with Gasteiger partial charge in [-0.3, -0.25) is 10.1 Å². The predicted molar refractivity (Wildman–Crippen MR) is 120 cm³/mol. The molecule has 0 saturated carbocycles. The Morgan fingerprint density at radius 2 is 2.10 bits per heavy atom. The molecule has 1 N–H and O–H groups in total. The third kappa shape index (κ3) is 5.50. The Balaban J connectivity index is 1.63. The van der Waals surface area contributed by atoms with Gasteiger partial charge in [-0.1, -0.05) is 41.6 Å². The Bertz CT molecular complexity index is 1020. The fraction of sp³-hybridized carbons (Fsp3) is 0.421. The van der Waals surface area contributed by atoms with Crippen LogP contribution >= 0.6 is 34.7 Å². The van der Waals surface area contributed by atoms with Crippen LogP contribution in [0.3, 0.4) is 0 Å². The Hall–Kier alpha value is -2.17. The quantitative estimate of drug-likeness (QED) is 0.462. The van der Waals surface area contributed by atoms with Gasteiger partial charge in [-0.2, -0.15) is 0 Å². The van der Waals surface area contributed by atoms with E-state index in [0.717, 1.165) is 22.7 Å². The zero-order chi connectivity index (χ0) is 21.7. The number of aromatic nitrogens is 5. The first-order chi connectivity index (χ1) is 14.4. The zero-order valence-electron chi connectivity index (χ0n) is 17.2. The first-order valence-electron chi connectivity index (χ1n) is 9.52. The summed E-state index contributed by atoms with van der Waals surface area (Å²) in [7, 11) is 0. The van der Waals surface area contributed by atoms with E-state index in [1.165, 1.54) is 23.1 Å². The molecule has 8 nitrogen and oxygen atoms in total. The number of halogens is 1. The van der Waals surface area contributed by atoms with E-state index >= 15 is 0 Å². The predicted octanol–water partition coefficient (Wildman–Crippen LogP) is 4.54. The number of nitrogens with one attached hydrogen (secondary N) is 1. The third-order valence-electron chi connectivity index (χ3n) is 4.21. The number of hydrogen-bond donors (Lipinski definition) is 1. The number of carbonyl (C=O) groups excluding carboxylic acids is 1. The highest BCUT2D eigenvalue weighted by Crippen LogP contribution is 2.28. The van der Waals surface area contributed by atoms with E-state index in [0.29, 0.717) is 27.7 Å². The van der Waals surface area contributed by atoms with Crippen molar-refractivity contribution in [2.75, 3.05) is 11.1 Å². The average molecular weight is 467 g/mol. The Morgan fingerprint density at radius 3 is 2.77 bits per heavy atom. The van der Waals surface area contributed by atoms with E-state index in [2.05, 4.69) is 25.7 Å². The fourth-order valence-corrected chi connectivity index (χ4v) is 4.46. The van der Waals surface area contributed by atoms with E-state index < -0.39 is 0 Å². The number of aryl methyl sites for hydroxylation is 2. The zero-order valence-corrected chi connectivity index (χ0v) is 19.6. The lowest BCUT2D eigenvalue weighted by Crippen LogP contribution is -2.15. The molecule has 2 aromatic heterocycles. The molecule has 0 spiro atoms. The highest BCUT2D eigenvalue weighted by molar-refractivity contribution is 7.99. The maximum absolute atomic E-state index is 12.2. The monoisotopic (exact) mass is 466 g/mol. The molecule has 0 saturated heterocycles. The summed E-state index contributed by atoms with van der Waals surface area (Å²) >= 11 is 8.72. The summed E-state index contributed by atoms with van der Waals surface area (Å²) in [6.45, 7) is 8.53. The molecule has 11 heteroatoms. The normalized spacial score (nSPS) is 12.0. The maximum atomic E-state index is 12.2. The summed E-state index contributed by atoms with van der Waals surface area (Å²) in [5.74, 6) is 1.48. The van der Waals surface area contributed by atoms with Gasteiger partial charge in [-0.25, -0.2) is 0 Å². The van der Waals surface area contributed by atoms with E-state index in [-0.39, 0.29) is 17.8 Å². The van der Waals surface area contributed by atoms with Crippen molar-refractivity contribution in [3.05, 3.63) is 39.6 Å². The molecular formula is C19H23ClN6O2S2. The lowest BCUT2D eigenvalue weighted by molar-refractivity contribution is -0.113. The van der Waals surface area contributed by atoms with Crippen LogP contribution < -0.4 is 10.1 Å². The van der Waals surface area contributed by atoms with Gasteiger partial charge < -0.3 is 9.30 Å². The van der Waals surface area contributed by atoms with Crippen LogP contribution in [0, 0.1) is 6.92 Å². The van der Waals surface area contributed by atoms with Crippen LogP contribution in [0.25, 0.3) is 0 Å². The van der Waals surface area contributed by atoms with Crippen LogP contribution in [0.5, 0.6) is 5.75 Å². The van der Waals surface area contributed by atoms with E-state index in [1.54, 1.807) is 6.07 Å². The van der Waals surface area contributed by atoms with Crippen molar-refractivity contribution >= 4 is 45.7 Å². The van der Waals surface area contributed by atoms with Gasteiger partial charge in [0.2, 0.25) is 11.0 Å². The van der Waals surface area contributed by atoms with Crippen LogP contribution in [-0.4, -0.2) is 36.6 Å². The molecule has 3 rings (SSSR count). The average Bonchev–Trinajstić information content (AvgIpc) is 3.34. The summed E-state index contributed by atoms with van der Waals surface area (Å²) < 4.78 is 8.03. The second kappa shape index (κ2) is 10.2. The van der Waals surface area contributed by atoms with Gasteiger partial charge in [0.15, 0.2) is 17.1 Å². The second-order valence-electron chi connectivity index (χ2n) is 6.45. The number of thioether (sulfide) groups is 1. The lowest BCUT2D eigenvalue weighted by Gasteiger charge is -2.17. The molecule has 0 aliphatic rings. The minimum absolute atomic E-state index is 0.160. The minimum Gasteiger partial charge on any atom is -0.482 e. The van der Waals surface area contributed by atoms with Crippen molar-refractivity contribution in [1.82, 2.24) is 25.0 Å². The standard InChI is InChI=1S/C19H23ClN6O2S2/c1-5-16-22-24-18(30-16)21-15(27)10-29-19-25-23-17(26(19)6-2)12(4)28-14-8-7-13(20)9-11(14)3/h7-9,12H,5-6,10H2,1-4H3,(H,21,24,27). The molecule has 1 aromatic carbocycles. The molecule has 0 fully saturated rings. The first-order valence-corrected chi connectivity index (χ1v) is 11.7. The van der Waals surface area contributed by atoms with Gasteiger partial charge in [0, 0.05) is 11.6 Å². The summed E-state index contributed by atoms with van der Waals surface area (Å²) in [6, 6.07) is 5.50. The van der Waals surface area contributed by atoms with Crippen molar-refractivity contribution in [3.8, 4) is 5.75 Å². The van der Waals surface area contributed by atoms with E-state index in [9.17, 15) is 4.79 Å². The SMILES string of the molecule is CCc1nnc(NC(=O)CSc2nnc(C(C)Oc3ccc(Cl)cc3C)n2CC)s1. The molecule has 0 aliphatic heterocycles. The van der Waals surface area contributed by atoms with Crippen molar-refractivity contribution < 1.29 is 9.53 Å². The number of anilines is 1. The molecule has 160 valence electrons. The van der Waals surface area contributed by atoms with Gasteiger partial charge in [-0.05, 0) is 51.0 Å². The Kier molecular flexibility index (Phi) is 7.68. The van der Waals surface area contributed by atoms with E-state index in [4.69, 9.17) is 16.3 Å². The summed E-state index contributed by atoms with van der Waals surface area (Å²) in [5, 5.41) is 22.0. The molecule has 3 aromatic rings. The molecule has 0 radical (unpaired) electrons.